The Morgan fingerprint density at radius 1 is 0.571 bits per heavy atom. The van der Waals surface area contributed by atoms with Gasteiger partial charge in [-0.3, -0.25) is 0 Å². The minimum Gasteiger partial charge on any atom is -0.0824 e. The fourth-order valence-corrected chi connectivity index (χ4v) is 2.56. The molecular formula is C17H20Cl4. The molecule has 0 nitrogen and oxygen atoms in total. The first-order valence-electron chi connectivity index (χ1n) is 6.08. The first kappa shape index (κ1) is 20.6. The lowest BCUT2D eigenvalue weighted by Gasteiger charge is -2.09. The lowest BCUT2D eigenvalue weighted by molar-refractivity contribution is 1.34. The molecule has 0 radical (unpaired) electrons. The van der Waals surface area contributed by atoms with E-state index in [1.54, 1.807) is 0 Å². The Hall–Kier alpha value is -0.400. The second-order valence-corrected chi connectivity index (χ2v) is 6.10. The number of hydrogen-bond acceptors (Lipinski definition) is 0. The first-order chi connectivity index (χ1) is 9.27. The Kier molecular flexibility index (Phi) is 8.73. The van der Waals surface area contributed by atoms with Crippen LogP contribution in [0.3, 0.4) is 0 Å². The molecule has 0 aliphatic rings. The average Bonchev–Trinajstić information content (AvgIpc) is 2.45. The Labute approximate surface area is 148 Å². The third-order valence-electron chi connectivity index (χ3n) is 3.22. The van der Waals surface area contributed by atoms with Crippen LogP contribution >= 0.6 is 46.4 Å². The van der Waals surface area contributed by atoms with Gasteiger partial charge in [0.15, 0.2) is 0 Å². The molecule has 0 bridgehead atoms. The third-order valence-corrected chi connectivity index (χ3v) is 5.22. The standard InChI is InChI=1S/C8H6Cl4.C8H10.CH4/c1-3-4(2)6(10)8(12)7(11)5(3)9;1-7-5-3-4-6-8(7)2;/h1-2H3;3-6H,1-2H3;1H4. The molecule has 0 heterocycles. The Morgan fingerprint density at radius 3 is 1.10 bits per heavy atom. The van der Waals surface area contributed by atoms with E-state index in [-0.39, 0.29) is 7.43 Å². The highest BCUT2D eigenvalue weighted by Crippen LogP contribution is 2.40. The summed E-state index contributed by atoms with van der Waals surface area (Å²) in [7, 11) is 0. The molecule has 0 fully saturated rings. The molecule has 0 saturated carbocycles. The van der Waals surface area contributed by atoms with Gasteiger partial charge in [0.25, 0.3) is 0 Å². The summed E-state index contributed by atoms with van der Waals surface area (Å²) in [6.45, 7) is 7.95. The monoisotopic (exact) mass is 364 g/mol. The summed E-state index contributed by atoms with van der Waals surface area (Å²) in [5, 5.41) is 1.60. The van der Waals surface area contributed by atoms with Gasteiger partial charge in [0.05, 0.1) is 20.1 Å². The Balaban J connectivity index is 0.000000390. The molecule has 21 heavy (non-hydrogen) atoms. The maximum atomic E-state index is 5.89. The zero-order chi connectivity index (χ0) is 15.4. The maximum Gasteiger partial charge on any atom is 0.0796 e. The van der Waals surface area contributed by atoms with Crippen molar-refractivity contribution in [2.24, 2.45) is 0 Å². The molecular weight excluding hydrogens is 346 g/mol. The Bertz CT molecular complexity index is 492. The number of benzene rings is 2. The van der Waals surface area contributed by atoms with Gasteiger partial charge in [0.2, 0.25) is 0 Å². The molecule has 4 heteroatoms. The van der Waals surface area contributed by atoms with Gasteiger partial charge >= 0.3 is 0 Å². The number of hydrogen-bond donors (Lipinski definition) is 0. The topological polar surface area (TPSA) is 0 Å². The second kappa shape index (κ2) is 8.90. The van der Waals surface area contributed by atoms with E-state index in [4.69, 9.17) is 46.4 Å². The lowest BCUT2D eigenvalue weighted by Crippen LogP contribution is -1.87. The van der Waals surface area contributed by atoms with Crippen LogP contribution in [0.25, 0.3) is 0 Å². The molecule has 0 unspecified atom stereocenters. The van der Waals surface area contributed by atoms with Gasteiger partial charge in [0.1, 0.15) is 0 Å². The van der Waals surface area contributed by atoms with E-state index in [2.05, 4.69) is 38.1 Å². The molecule has 0 aliphatic carbocycles. The van der Waals surface area contributed by atoms with E-state index in [9.17, 15) is 0 Å². The molecule has 0 saturated heterocycles. The van der Waals surface area contributed by atoms with Crippen molar-refractivity contribution < 1.29 is 0 Å². The predicted octanol–water partition coefficient (Wildman–Crippen LogP) is 7.86. The van der Waals surface area contributed by atoms with Gasteiger partial charge in [-0.25, -0.2) is 0 Å². The zero-order valence-electron chi connectivity index (χ0n) is 11.8. The average molecular weight is 366 g/mol. The minimum atomic E-state index is 0. The molecule has 2 aromatic rings. The number of halogens is 4. The third kappa shape index (κ3) is 5.07. The first-order valence-corrected chi connectivity index (χ1v) is 7.60. The summed E-state index contributed by atoms with van der Waals surface area (Å²) >= 11 is 23.4. The van der Waals surface area contributed by atoms with Crippen LogP contribution in [0.5, 0.6) is 0 Å². The Morgan fingerprint density at radius 2 is 0.857 bits per heavy atom. The normalized spacial score (nSPS) is 9.52. The van der Waals surface area contributed by atoms with E-state index < -0.39 is 0 Å². The van der Waals surface area contributed by atoms with E-state index in [1.165, 1.54) is 11.1 Å². The zero-order valence-corrected chi connectivity index (χ0v) is 14.8. The van der Waals surface area contributed by atoms with Crippen molar-refractivity contribution in [2.45, 2.75) is 35.1 Å². The van der Waals surface area contributed by atoms with Gasteiger partial charge in [-0.05, 0) is 49.9 Å². The van der Waals surface area contributed by atoms with Crippen molar-refractivity contribution in [3.8, 4) is 0 Å². The van der Waals surface area contributed by atoms with Gasteiger partial charge in [0, 0.05) is 0 Å². The largest absolute Gasteiger partial charge is 0.0824 e. The van der Waals surface area contributed by atoms with Crippen LogP contribution in [-0.2, 0) is 0 Å². The molecule has 2 aromatic carbocycles. The van der Waals surface area contributed by atoms with Crippen molar-refractivity contribution >= 4 is 46.4 Å². The van der Waals surface area contributed by atoms with E-state index in [1.807, 2.05) is 13.8 Å². The highest BCUT2D eigenvalue weighted by molar-refractivity contribution is 6.52. The van der Waals surface area contributed by atoms with Crippen LogP contribution in [0.4, 0.5) is 0 Å². The summed E-state index contributed by atoms with van der Waals surface area (Å²) in [6.07, 6.45) is 0. The summed E-state index contributed by atoms with van der Waals surface area (Å²) in [6, 6.07) is 8.36. The fraction of sp³-hybridized carbons (Fsp3) is 0.294. The van der Waals surface area contributed by atoms with Crippen molar-refractivity contribution in [3.05, 3.63) is 66.6 Å². The molecule has 0 N–H and O–H groups in total. The molecule has 0 aliphatic heterocycles. The van der Waals surface area contributed by atoms with Crippen LogP contribution < -0.4 is 0 Å². The summed E-state index contributed by atoms with van der Waals surface area (Å²) in [5.74, 6) is 0. The van der Waals surface area contributed by atoms with Crippen molar-refractivity contribution in [2.75, 3.05) is 0 Å². The van der Waals surface area contributed by atoms with Gasteiger partial charge < -0.3 is 0 Å². The SMILES string of the molecule is C.Cc1c(C)c(Cl)c(Cl)c(Cl)c1Cl.Cc1ccccc1C. The van der Waals surface area contributed by atoms with Gasteiger partial charge in [-0.2, -0.15) is 0 Å². The minimum absolute atomic E-state index is 0. The second-order valence-electron chi connectivity index (χ2n) is 4.59. The summed E-state index contributed by atoms with van der Waals surface area (Å²) in [5.41, 5.74) is 4.48. The predicted molar refractivity (Wildman–Crippen MR) is 98.6 cm³/mol. The molecule has 0 spiro atoms. The summed E-state index contributed by atoms with van der Waals surface area (Å²) < 4.78 is 0. The van der Waals surface area contributed by atoms with Crippen molar-refractivity contribution in [1.82, 2.24) is 0 Å². The maximum absolute atomic E-state index is 5.89. The number of rotatable bonds is 0. The molecule has 0 amide bonds. The van der Waals surface area contributed by atoms with Gasteiger partial charge in [-0.1, -0.05) is 78.1 Å². The lowest BCUT2D eigenvalue weighted by atomic mass is 10.1. The molecule has 0 atom stereocenters. The molecule has 116 valence electrons. The fourth-order valence-electron chi connectivity index (χ4n) is 1.51. The van der Waals surface area contributed by atoms with Crippen LogP contribution in [0.2, 0.25) is 20.1 Å². The van der Waals surface area contributed by atoms with E-state index in [0.717, 1.165) is 11.1 Å². The highest BCUT2D eigenvalue weighted by atomic mass is 35.5. The quantitative estimate of drug-likeness (QED) is 0.329. The smallest absolute Gasteiger partial charge is 0.0796 e. The van der Waals surface area contributed by atoms with Crippen LogP contribution in [-0.4, -0.2) is 0 Å². The van der Waals surface area contributed by atoms with Crippen LogP contribution in [0, 0.1) is 27.7 Å². The molecule has 2 rings (SSSR count). The van der Waals surface area contributed by atoms with Gasteiger partial charge in [-0.15, -0.1) is 0 Å². The van der Waals surface area contributed by atoms with Crippen LogP contribution in [0.1, 0.15) is 29.7 Å². The summed E-state index contributed by atoms with van der Waals surface area (Å²) in [4.78, 5) is 0. The van der Waals surface area contributed by atoms with E-state index >= 15 is 0 Å². The number of aryl methyl sites for hydroxylation is 2. The van der Waals surface area contributed by atoms with E-state index in [0.29, 0.717) is 20.1 Å². The van der Waals surface area contributed by atoms with Crippen LogP contribution in [0.15, 0.2) is 24.3 Å². The molecule has 0 aromatic heterocycles. The highest BCUT2D eigenvalue weighted by Gasteiger charge is 2.14. The van der Waals surface area contributed by atoms with Crippen molar-refractivity contribution in [3.63, 3.8) is 0 Å². The van der Waals surface area contributed by atoms with Crippen molar-refractivity contribution in [1.29, 1.82) is 0 Å².